The maximum atomic E-state index is 5.80. The average molecular weight is 353 g/mol. The zero-order chi connectivity index (χ0) is 17.8. The third-order valence-electron chi connectivity index (χ3n) is 4.51. The Morgan fingerprint density at radius 2 is 1.85 bits per heavy atom. The minimum Gasteiger partial charge on any atom is -0.435 e. The Morgan fingerprint density at radius 3 is 2.81 bits per heavy atom. The molecule has 27 heavy (non-hydrogen) atoms. The van der Waals surface area contributed by atoms with Crippen LogP contribution >= 0.6 is 0 Å². The predicted molar refractivity (Wildman–Crippen MR) is 99.8 cm³/mol. The molecule has 8 nitrogen and oxygen atoms in total. The first kappa shape index (κ1) is 14.1. The first-order valence-electron chi connectivity index (χ1n) is 8.36. The molecule has 0 radical (unpaired) electrons. The lowest BCUT2D eigenvalue weighted by Gasteiger charge is -1.99. The van der Waals surface area contributed by atoms with E-state index in [1.165, 1.54) is 0 Å². The molecule has 0 unspecified atom stereocenters. The van der Waals surface area contributed by atoms with E-state index in [1.807, 2.05) is 42.5 Å². The normalized spacial score (nSPS) is 11.7. The SMILES string of the molecule is c1ccc2oc(-c3ccc4c(-c5cnc6cn[nH]c6c5)[nH]nc4n3)nc2c1. The van der Waals surface area contributed by atoms with Crippen LogP contribution in [0.15, 0.2) is 59.3 Å². The highest BCUT2D eigenvalue weighted by Crippen LogP contribution is 2.29. The van der Waals surface area contributed by atoms with Gasteiger partial charge < -0.3 is 4.42 Å². The van der Waals surface area contributed by atoms with Crippen LogP contribution in [0.1, 0.15) is 0 Å². The Bertz CT molecular complexity index is 1410. The van der Waals surface area contributed by atoms with Crippen molar-refractivity contribution < 1.29 is 4.42 Å². The molecule has 128 valence electrons. The molecule has 6 aromatic rings. The van der Waals surface area contributed by atoms with Crippen molar-refractivity contribution in [2.75, 3.05) is 0 Å². The number of hydrogen-bond acceptors (Lipinski definition) is 6. The summed E-state index contributed by atoms with van der Waals surface area (Å²) in [6.45, 7) is 0. The molecular formula is C19H11N7O. The molecule has 0 amide bonds. The maximum Gasteiger partial charge on any atom is 0.246 e. The number of fused-ring (bicyclic) bond motifs is 3. The van der Waals surface area contributed by atoms with Crippen molar-refractivity contribution in [1.82, 2.24) is 35.3 Å². The number of hydrogen-bond donors (Lipinski definition) is 2. The summed E-state index contributed by atoms with van der Waals surface area (Å²) in [5.41, 5.74) is 6.21. The largest absolute Gasteiger partial charge is 0.435 e. The summed E-state index contributed by atoms with van der Waals surface area (Å²) in [6.07, 6.45) is 3.48. The zero-order valence-electron chi connectivity index (χ0n) is 13.8. The number of para-hydroxylation sites is 2. The second kappa shape index (κ2) is 5.21. The minimum absolute atomic E-state index is 0.475. The summed E-state index contributed by atoms with van der Waals surface area (Å²) in [6, 6.07) is 13.5. The van der Waals surface area contributed by atoms with Crippen molar-refractivity contribution in [2.45, 2.75) is 0 Å². The summed E-state index contributed by atoms with van der Waals surface area (Å²) in [7, 11) is 0. The standard InChI is InChI=1S/C19H11N7O/c1-2-4-16-12(3-1)23-19(27-16)13-6-5-11-17(25-26-18(11)22-13)10-7-14-15(20-8-10)9-21-24-14/h1-9H,(H,21,24)(H,22,25,26). The van der Waals surface area contributed by atoms with Gasteiger partial charge in [0, 0.05) is 17.1 Å². The van der Waals surface area contributed by atoms with Crippen molar-refractivity contribution in [3.8, 4) is 22.8 Å². The van der Waals surface area contributed by atoms with E-state index in [9.17, 15) is 0 Å². The van der Waals surface area contributed by atoms with Gasteiger partial charge in [-0.15, -0.1) is 0 Å². The smallest absolute Gasteiger partial charge is 0.246 e. The van der Waals surface area contributed by atoms with Gasteiger partial charge in [0.25, 0.3) is 0 Å². The molecule has 0 saturated heterocycles. The fraction of sp³-hybridized carbons (Fsp3) is 0. The lowest BCUT2D eigenvalue weighted by Crippen LogP contribution is -1.85. The Balaban J connectivity index is 1.48. The number of aromatic amines is 2. The van der Waals surface area contributed by atoms with Gasteiger partial charge in [0.1, 0.15) is 16.7 Å². The van der Waals surface area contributed by atoms with Crippen molar-refractivity contribution in [3.63, 3.8) is 0 Å². The van der Waals surface area contributed by atoms with Gasteiger partial charge in [-0.25, -0.2) is 9.97 Å². The van der Waals surface area contributed by atoms with Crippen LogP contribution in [-0.2, 0) is 0 Å². The summed E-state index contributed by atoms with van der Waals surface area (Å²) >= 11 is 0. The first-order chi connectivity index (χ1) is 13.3. The van der Waals surface area contributed by atoms with E-state index in [-0.39, 0.29) is 0 Å². The van der Waals surface area contributed by atoms with E-state index in [2.05, 4.69) is 35.3 Å². The highest BCUT2D eigenvalue weighted by Gasteiger charge is 2.14. The van der Waals surface area contributed by atoms with Crippen LogP contribution in [0.2, 0.25) is 0 Å². The van der Waals surface area contributed by atoms with Crippen molar-refractivity contribution >= 4 is 33.2 Å². The fourth-order valence-corrected chi connectivity index (χ4v) is 3.19. The molecule has 5 heterocycles. The van der Waals surface area contributed by atoms with Gasteiger partial charge in [-0.1, -0.05) is 12.1 Å². The molecular weight excluding hydrogens is 342 g/mol. The van der Waals surface area contributed by atoms with Crippen molar-refractivity contribution in [3.05, 3.63) is 54.9 Å². The van der Waals surface area contributed by atoms with Crippen LogP contribution in [0.3, 0.4) is 0 Å². The second-order valence-corrected chi connectivity index (χ2v) is 6.18. The summed E-state index contributed by atoms with van der Waals surface area (Å²) < 4.78 is 5.80. The number of aromatic nitrogens is 7. The predicted octanol–water partition coefficient (Wildman–Crippen LogP) is 3.70. The Kier molecular flexibility index (Phi) is 2.73. The molecule has 1 aromatic carbocycles. The number of pyridine rings is 2. The van der Waals surface area contributed by atoms with E-state index in [4.69, 9.17) is 4.42 Å². The Morgan fingerprint density at radius 1 is 0.889 bits per heavy atom. The number of rotatable bonds is 2. The van der Waals surface area contributed by atoms with Gasteiger partial charge in [-0.2, -0.15) is 10.2 Å². The van der Waals surface area contributed by atoms with Crippen molar-refractivity contribution in [2.24, 2.45) is 0 Å². The molecule has 8 heteroatoms. The van der Waals surface area contributed by atoms with Crippen LogP contribution < -0.4 is 0 Å². The molecule has 0 fully saturated rings. The van der Waals surface area contributed by atoms with Crippen molar-refractivity contribution in [1.29, 1.82) is 0 Å². The van der Waals surface area contributed by atoms with Crippen LogP contribution in [0.4, 0.5) is 0 Å². The summed E-state index contributed by atoms with van der Waals surface area (Å²) in [4.78, 5) is 13.5. The van der Waals surface area contributed by atoms with E-state index in [1.54, 1.807) is 12.4 Å². The Hall–Kier alpha value is -4.07. The number of H-pyrrole nitrogens is 2. The molecule has 0 aliphatic rings. The van der Waals surface area contributed by atoms with Gasteiger partial charge in [0.15, 0.2) is 11.2 Å². The summed E-state index contributed by atoms with van der Waals surface area (Å²) in [5, 5.41) is 15.2. The lowest BCUT2D eigenvalue weighted by atomic mass is 10.1. The van der Waals surface area contributed by atoms with E-state index < -0.39 is 0 Å². The van der Waals surface area contributed by atoms with Gasteiger partial charge in [0.2, 0.25) is 5.89 Å². The van der Waals surface area contributed by atoms with Gasteiger partial charge in [0.05, 0.1) is 17.4 Å². The van der Waals surface area contributed by atoms with E-state index >= 15 is 0 Å². The highest BCUT2D eigenvalue weighted by atomic mass is 16.3. The quantitative estimate of drug-likeness (QED) is 0.491. The maximum absolute atomic E-state index is 5.80. The van der Waals surface area contributed by atoms with Crippen LogP contribution in [-0.4, -0.2) is 35.3 Å². The third kappa shape index (κ3) is 2.13. The topological polar surface area (TPSA) is 109 Å². The molecule has 0 aliphatic carbocycles. The van der Waals surface area contributed by atoms with Gasteiger partial charge in [-0.05, 0) is 30.3 Å². The summed E-state index contributed by atoms with van der Waals surface area (Å²) in [5.74, 6) is 0.475. The second-order valence-electron chi connectivity index (χ2n) is 6.18. The fourth-order valence-electron chi connectivity index (χ4n) is 3.19. The molecule has 0 aliphatic heterocycles. The third-order valence-corrected chi connectivity index (χ3v) is 4.51. The lowest BCUT2D eigenvalue weighted by molar-refractivity contribution is 0.617. The van der Waals surface area contributed by atoms with E-state index in [0.717, 1.165) is 38.8 Å². The zero-order valence-corrected chi connectivity index (χ0v) is 13.8. The van der Waals surface area contributed by atoms with Gasteiger partial charge in [-0.3, -0.25) is 15.2 Å². The molecule has 0 atom stereocenters. The monoisotopic (exact) mass is 353 g/mol. The van der Waals surface area contributed by atoms with Crippen LogP contribution in [0, 0.1) is 0 Å². The van der Waals surface area contributed by atoms with Crippen LogP contribution in [0.25, 0.3) is 56.0 Å². The number of oxazole rings is 1. The van der Waals surface area contributed by atoms with Crippen LogP contribution in [0.5, 0.6) is 0 Å². The van der Waals surface area contributed by atoms with E-state index in [0.29, 0.717) is 17.2 Å². The number of nitrogens with zero attached hydrogens (tertiary/aromatic N) is 5. The number of nitrogens with one attached hydrogen (secondary N) is 2. The number of benzene rings is 1. The molecule has 0 spiro atoms. The molecule has 0 bridgehead atoms. The average Bonchev–Trinajstić information content (AvgIpc) is 3.43. The molecule has 5 aromatic heterocycles. The molecule has 2 N–H and O–H groups in total. The highest BCUT2D eigenvalue weighted by molar-refractivity contribution is 5.93. The molecule has 6 rings (SSSR count). The molecule has 0 saturated carbocycles. The first-order valence-corrected chi connectivity index (χ1v) is 8.36. The minimum atomic E-state index is 0.475. The van der Waals surface area contributed by atoms with Gasteiger partial charge >= 0.3 is 0 Å². The Labute approximate surface area is 151 Å².